The van der Waals surface area contributed by atoms with E-state index in [1.165, 1.54) is 12.0 Å². The number of carbonyl (C=O) groups is 2. The van der Waals surface area contributed by atoms with Gasteiger partial charge in [0.25, 0.3) is 5.56 Å². The fourth-order valence-corrected chi connectivity index (χ4v) is 7.76. The number of methoxy groups -OCH3 is 1. The summed E-state index contributed by atoms with van der Waals surface area (Å²) in [5.74, 6) is 0.752. The average Bonchev–Trinajstić information content (AvgIpc) is 3.75. The number of nitrogens with zero attached hydrogens (tertiary/aromatic N) is 7. The van der Waals surface area contributed by atoms with E-state index in [1.54, 1.807) is 40.5 Å². The molecular weight excluding hydrogens is 719 g/mol. The van der Waals surface area contributed by atoms with Gasteiger partial charge in [0.05, 0.1) is 47.4 Å². The zero-order chi connectivity index (χ0) is 37.6. The van der Waals surface area contributed by atoms with E-state index >= 15 is 0 Å². The number of nitriles is 1. The van der Waals surface area contributed by atoms with Crippen molar-refractivity contribution in [2.75, 3.05) is 26.7 Å². The van der Waals surface area contributed by atoms with Crippen LogP contribution in [-0.2, 0) is 24.9 Å². The molecule has 13 nitrogen and oxygen atoms in total. The van der Waals surface area contributed by atoms with Gasteiger partial charge < -0.3 is 20.1 Å². The van der Waals surface area contributed by atoms with Gasteiger partial charge in [0.1, 0.15) is 11.3 Å². The third-order valence-electron chi connectivity index (χ3n) is 9.88. The number of carboxylic acid groups (broad SMARTS) is 1. The number of benzene rings is 2. The van der Waals surface area contributed by atoms with Gasteiger partial charge in [-0.3, -0.25) is 19.1 Å². The third kappa shape index (κ3) is 6.93. The number of aromatic nitrogens is 4. The molecule has 2 aliphatic heterocycles. The fraction of sp³-hybridized carbons (Fsp3) is 0.316. The van der Waals surface area contributed by atoms with Crippen LogP contribution in [0.1, 0.15) is 31.2 Å². The molecule has 7 rings (SSSR count). The lowest BCUT2D eigenvalue weighted by atomic mass is 9.84. The van der Waals surface area contributed by atoms with Crippen molar-refractivity contribution in [1.29, 1.82) is 5.26 Å². The van der Waals surface area contributed by atoms with E-state index in [4.69, 9.17) is 38.0 Å². The van der Waals surface area contributed by atoms with Gasteiger partial charge in [0.15, 0.2) is 0 Å². The molecule has 0 spiro atoms. The summed E-state index contributed by atoms with van der Waals surface area (Å²) in [5, 5.41) is 27.6. The van der Waals surface area contributed by atoms with Gasteiger partial charge in [-0.1, -0.05) is 59.6 Å². The Morgan fingerprint density at radius 1 is 1.09 bits per heavy atom. The third-order valence-corrected chi connectivity index (χ3v) is 10.7. The first-order chi connectivity index (χ1) is 25.4. The van der Waals surface area contributed by atoms with Gasteiger partial charge in [-0.25, -0.2) is 14.3 Å². The summed E-state index contributed by atoms with van der Waals surface area (Å²) in [6.07, 6.45) is 1.62. The lowest BCUT2D eigenvalue weighted by Gasteiger charge is -2.43. The van der Waals surface area contributed by atoms with E-state index in [0.29, 0.717) is 92.9 Å². The predicted molar refractivity (Wildman–Crippen MR) is 200 cm³/mol. The molecule has 2 saturated heterocycles. The SMILES string of the molecule is COc1nc(-c2cccc(-c3cccc(-c4cc5c(=O)n(C)c(CN6CC(C)(C#N)C6)nn5c4)c3Cl)c2Cl)ccc1CN(C[C@@H]1CCC(=O)N1)C(=O)O. The van der Waals surface area contributed by atoms with Gasteiger partial charge in [0, 0.05) is 78.7 Å². The number of ether oxygens (including phenoxy) is 1. The molecule has 0 aliphatic carbocycles. The van der Waals surface area contributed by atoms with Crippen molar-refractivity contribution in [3.63, 3.8) is 0 Å². The number of hydrogen-bond acceptors (Lipinski definition) is 8. The summed E-state index contributed by atoms with van der Waals surface area (Å²) in [6.45, 7) is 3.77. The molecule has 2 N–H and O–H groups in total. The Morgan fingerprint density at radius 2 is 1.77 bits per heavy atom. The monoisotopic (exact) mass is 754 g/mol. The van der Waals surface area contributed by atoms with E-state index in [9.17, 15) is 24.8 Å². The van der Waals surface area contributed by atoms with Gasteiger partial charge in [0.2, 0.25) is 11.8 Å². The summed E-state index contributed by atoms with van der Waals surface area (Å²) in [7, 11) is 3.17. The Kier molecular flexibility index (Phi) is 9.63. The first-order valence-corrected chi connectivity index (χ1v) is 17.7. The van der Waals surface area contributed by atoms with Crippen molar-refractivity contribution < 1.29 is 19.4 Å². The number of halogens is 2. The summed E-state index contributed by atoms with van der Waals surface area (Å²) in [4.78, 5) is 45.2. The highest BCUT2D eigenvalue weighted by molar-refractivity contribution is 6.39. The van der Waals surface area contributed by atoms with Crippen LogP contribution >= 0.6 is 23.2 Å². The molecule has 2 fully saturated rings. The minimum Gasteiger partial charge on any atom is -0.481 e. The molecule has 5 heterocycles. The predicted octanol–water partition coefficient (Wildman–Crippen LogP) is 5.85. The maximum atomic E-state index is 13.4. The Morgan fingerprint density at radius 3 is 2.42 bits per heavy atom. The number of fused-ring (bicyclic) bond motifs is 1. The Hall–Kier alpha value is -5.42. The normalized spacial score (nSPS) is 16.6. The lowest BCUT2D eigenvalue weighted by molar-refractivity contribution is -0.119. The lowest BCUT2D eigenvalue weighted by Crippen LogP contribution is -2.53. The molecule has 5 aromatic rings. The molecule has 53 heavy (non-hydrogen) atoms. The van der Waals surface area contributed by atoms with E-state index < -0.39 is 6.09 Å². The molecule has 272 valence electrons. The molecule has 2 aliphatic rings. The molecule has 3 aromatic heterocycles. The van der Waals surface area contributed by atoms with Crippen molar-refractivity contribution in [2.45, 2.75) is 38.9 Å². The second-order valence-electron chi connectivity index (χ2n) is 13.8. The smallest absolute Gasteiger partial charge is 0.407 e. The zero-order valence-corrected chi connectivity index (χ0v) is 30.8. The molecule has 0 radical (unpaired) electrons. The second kappa shape index (κ2) is 14.2. The summed E-state index contributed by atoms with van der Waals surface area (Å²) >= 11 is 14.2. The van der Waals surface area contributed by atoms with Crippen LogP contribution in [0.15, 0.2) is 65.6 Å². The van der Waals surface area contributed by atoms with Crippen LogP contribution in [0.3, 0.4) is 0 Å². The number of nitrogens with one attached hydrogen (secondary N) is 1. The van der Waals surface area contributed by atoms with Crippen LogP contribution in [0.5, 0.6) is 5.88 Å². The van der Waals surface area contributed by atoms with Crippen molar-refractivity contribution in [3.8, 4) is 45.5 Å². The summed E-state index contributed by atoms with van der Waals surface area (Å²) in [5.41, 5.74) is 4.25. The highest BCUT2D eigenvalue weighted by Gasteiger charge is 2.39. The maximum Gasteiger partial charge on any atom is 0.407 e. The van der Waals surface area contributed by atoms with Crippen LogP contribution in [0.2, 0.25) is 10.0 Å². The summed E-state index contributed by atoms with van der Waals surface area (Å²) in [6, 6.07) is 18.5. The number of carbonyl (C=O) groups excluding carboxylic acids is 1. The fourth-order valence-electron chi connectivity index (χ4n) is 7.10. The number of hydrogen-bond donors (Lipinski definition) is 2. The zero-order valence-electron chi connectivity index (χ0n) is 29.3. The van der Waals surface area contributed by atoms with Crippen molar-refractivity contribution in [3.05, 3.63) is 92.6 Å². The van der Waals surface area contributed by atoms with Crippen molar-refractivity contribution >= 4 is 40.7 Å². The molecule has 1 atom stereocenters. The van der Waals surface area contributed by atoms with Crippen LogP contribution in [-0.4, -0.2) is 78.9 Å². The van der Waals surface area contributed by atoms with Crippen LogP contribution in [0.25, 0.3) is 39.0 Å². The Bertz CT molecular complexity index is 2380. The second-order valence-corrected chi connectivity index (χ2v) is 14.6. The van der Waals surface area contributed by atoms with Crippen molar-refractivity contribution in [1.82, 2.24) is 34.3 Å². The quantitative estimate of drug-likeness (QED) is 0.179. The molecular formula is C38H36Cl2N8O5. The highest BCUT2D eigenvalue weighted by Crippen LogP contribution is 2.42. The first-order valence-electron chi connectivity index (χ1n) is 17.0. The molecule has 0 saturated carbocycles. The standard InChI is InChI=1S/C38H36Cl2N8O5/c1-38(19-41)20-46(21-38)18-31-44-48-16-23(14-30(48)36(50)45(31)2)25-6-4-7-26(33(25)39)27-8-5-9-28(34(27)40)29-12-10-22(35(43-29)53-3)15-47(37(51)52)17-24-11-13-32(49)42-24/h4-10,12,14,16,24H,11,13,15,17-18,20-21H2,1-3H3,(H,42,49)(H,51,52)/t24-/m0/s1. The molecule has 2 aromatic carbocycles. The Balaban J connectivity index is 1.17. The molecule has 15 heteroatoms. The summed E-state index contributed by atoms with van der Waals surface area (Å²) < 4.78 is 8.71. The minimum absolute atomic E-state index is 0.0204. The average molecular weight is 756 g/mol. The molecule has 2 amide bonds. The number of rotatable bonds is 10. The van der Waals surface area contributed by atoms with E-state index in [0.717, 1.165) is 0 Å². The van der Waals surface area contributed by atoms with Crippen LogP contribution in [0.4, 0.5) is 4.79 Å². The topological polar surface area (TPSA) is 158 Å². The van der Waals surface area contributed by atoms with E-state index in [1.807, 2.05) is 43.3 Å². The maximum absolute atomic E-state index is 13.4. The van der Waals surface area contributed by atoms with Crippen molar-refractivity contribution in [2.24, 2.45) is 12.5 Å². The van der Waals surface area contributed by atoms with E-state index in [2.05, 4.69) is 16.3 Å². The van der Waals surface area contributed by atoms with Gasteiger partial charge >= 0.3 is 6.09 Å². The first kappa shape index (κ1) is 36.0. The van der Waals surface area contributed by atoms with Gasteiger partial charge in [-0.2, -0.15) is 10.4 Å². The number of amides is 2. The molecule has 0 bridgehead atoms. The minimum atomic E-state index is -1.11. The Labute approximate surface area is 314 Å². The van der Waals surface area contributed by atoms with Crippen LogP contribution < -0.4 is 15.6 Å². The number of pyridine rings is 1. The van der Waals surface area contributed by atoms with Gasteiger partial charge in [-0.05, 0) is 31.5 Å². The van der Waals surface area contributed by atoms with Crippen LogP contribution in [0, 0.1) is 16.7 Å². The molecule has 0 unspecified atom stereocenters. The van der Waals surface area contributed by atoms with E-state index in [-0.39, 0.29) is 41.9 Å². The highest BCUT2D eigenvalue weighted by atomic mass is 35.5. The number of likely N-dealkylation sites (tertiary alicyclic amines) is 1. The van der Waals surface area contributed by atoms with Gasteiger partial charge in [-0.15, -0.1) is 0 Å². The largest absolute Gasteiger partial charge is 0.481 e.